The zero-order valence-electron chi connectivity index (χ0n) is 16.0. The van der Waals surface area contributed by atoms with E-state index >= 15 is 0 Å². The third-order valence-electron chi connectivity index (χ3n) is 4.41. The third kappa shape index (κ3) is 4.56. The molecule has 0 bridgehead atoms. The van der Waals surface area contributed by atoms with E-state index in [1.54, 1.807) is 17.5 Å². The number of carbonyl (C=O) groups is 1. The molecule has 1 aromatic heterocycles. The van der Waals surface area contributed by atoms with Gasteiger partial charge in [0.15, 0.2) is 16.6 Å². The van der Waals surface area contributed by atoms with Crippen molar-refractivity contribution in [3.05, 3.63) is 63.5 Å². The van der Waals surface area contributed by atoms with Crippen molar-refractivity contribution < 1.29 is 19.2 Å². The molecule has 10 heteroatoms. The summed E-state index contributed by atoms with van der Waals surface area (Å²) in [4.78, 5) is 29.1. The number of rotatable bonds is 7. The average molecular weight is 426 g/mol. The van der Waals surface area contributed by atoms with Crippen LogP contribution in [0.1, 0.15) is 5.56 Å². The lowest BCUT2D eigenvalue weighted by atomic mass is 10.1. The predicted molar refractivity (Wildman–Crippen MR) is 112 cm³/mol. The first kappa shape index (κ1) is 19.8. The van der Waals surface area contributed by atoms with Crippen molar-refractivity contribution in [1.82, 2.24) is 9.88 Å². The Hall–Kier alpha value is -3.50. The fraction of sp³-hybridized carbons (Fsp3) is 0.200. The van der Waals surface area contributed by atoms with Gasteiger partial charge in [0.05, 0.1) is 17.2 Å². The summed E-state index contributed by atoms with van der Waals surface area (Å²) in [5, 5.41) is 15.9. The van der Waals surface area contributed by atoms with E-state index in [2.05, 4.69) is 10.3 Å². The Morgan fingerprint density at radius 1 is 1.27 bits per heavy atom. The lowest BCUT2D eigenvalue weighted by Crippen LogP contribution is -2.29. The Balaban J connectivity index is 1.34. The summed E-state index contributed by atoms with van der Waals surface area (Å²) in [6, 6.07) is 11.9. The number of nitro groups is 1. The summed E-state index contributed by atoms with van der Waals surface area (Å²) < 4.78 is 10.7. The van der Waals surface area contributed by atoms with Crippen molar-refractivity contribution in [2.24, 2.45) is 0 Å². The largest absolute Gasteiger partial charge is 0.454 e. The third-order valence-corrected chi connectivity index (χ3v) is 5.16. The maximum atomic E-state index is 12.4. The van der Waals surface area contributed by atoms with Gasteiger partial charge >= 0.3 is 0 Å². The zero-order valence-corrected chi connectivity index (χ0v) is 16.8. The second-order valence-electron chi connectivity index (χ2n) is 6.75. The average Bonchev–Trinajstić information content (AvgIpc) is 3.37. The van der Waals surface area contributed by atoms with E-state index < -0.39 is 4.92 Å². The van der Waals surface area contributed by atoms with Gasteiger partial charge in [-0.25, -0.2) is 4.98 Å². The molecule has 9 nitrogen and oxygen atoms in total. The number of aromatic nitrogens is 1. The highest BCUT2D eigenvalue weighted by atomic mass is 32.1. The Kier molecular flexibility index (Phi) is 5.59. The number of amides is 1. The molecule has 0 spiro atoms. The van der Waals surface area contributed by atoms with Crippen molar-refractivity contribution in [3.63, 3.8) is 0 Å². The standard InChI is InChI=1S/C20H18N4O5S/c1-23(9-13-5-6-17-18(7-13)29-12-28-17)10-19(25)22-20-21-16(11-30-20)14-3-2-4-15(8-14)24(26)27/h2-8,11H,9-10,12H2,1H3,(H,21,22,25). The first-order valence-corrected chi connectivity index (χ1v) is 9.93. The van der Waals surface area contributed by atoms with E-state index in [0.717, 1.165) is 11.3 Å². The van der Waals surface area contributed by atoms with E-state index in [4.69, 9.17) is 9.47 Å². The normalized spacial score (nSPS) is 12.2. The quantitative estimate of drug-likeness (QED) is 0.455. The van der Waals surface area contributed by atoms with Gasteiger partial charge in [0.2, 0.25) is 12.7 Å². The minimum atomic E-state index is -0.450. The number of nitrogens with one attached hydrogen (secondary N) is 1. The number of hydrogen-bond acceptors (Lipinski definition) is 8. The van der Waals surface area contributed by atoms with Crippen LogP contribution in [-0.4, -0.2) is 41.1 Å². The molecular formula is C20H18N4O5S. The van der Waals surface area contributed by atoms with Crippen LogP contribution in [0.25, 0.3) is 11.3 Å². The number of carbonyl (C=O) groups excluding carboxylic acids is 1. The highest BCUT2D eigenvalue weighted by Gasteiger charge is 2.16. The van der Waals surface area contributed by atoms with E-state index in [9.17, 15) is 14.9 Å². The van der Waals surface area contributed by atoms with E-state index in [1.807, 2.05) is 30.1 Å². The highest BCUT2D eigenvalue weighted by Crippen LogP contribution is 2.32. The molecule has 1 aliphatic heterocycles. The number of benzene rings is 2. The van der Waals surface area contributed by atoms with Crippen LogP contribution in [0.2, 0.25) is 0 Å². The molecule has 0 fully saturated rings. The number of nitro benzene ring substituents is 1. The molecule has 4 rings (SSSR count). The first-order valence-electron chi connectivity index (χ1n) is 9.05. The minimum Gasteiger partial charge on any atom is -0.454 e. The summed E-state index contributed by atoms with van der Waals surface area (Å²) in [5.41, 5.74) is 2.21. The maximum absolute atomic E-state index is 12.4. The highest BCUT2D eigenvalue weighted by molar-refractivity contribution is 7.14. The molecule has 0 radical (unpaired) electrons. The molecule has 0 aliphatic carbocycles. The molecular weight excluding hydrogens is 408 g/mol. The van der Waals surface area contributed by atoms with Crippen LogP contribution in [0.4, 0.5) is 10.8 Å². The van der Waals surface area contributed by atoms with Gasteiger partial charge in [-0.15, -0.1) is 11.3 Å². The minimum absolute atomic E-state index is 0.00349. The number of nitrogens with zero attached hydrogens (tertiary/aromatic N) is 3. The number of fused-ring (bicyclic) bond motifs is 1. The van der Waals surface area contributed by atoms with Gasteiger partial charge in [-0.05, 0) is 24.7 Å². The summed E-state index contributed by atoms with van der Waals surface area (Å²) in [5.74, 6) is 1.24. The van der Waals surface area contributed by atoms with Gasteiger partial charge in [-0.2, -0.15) is 0 Å². The van der Waals surface area contributed by atoms with Crippen molar-refractivity contribution in [3.8, 4) is 22.8 Å². The van der Waals surface area contributed by atoms with Crippen LogP contribution in [0.3, 0.4) is 0 Å². The molecule has 2 aromatic carbocycles. The molecule has 30 heavy (non-hydrogen) atoms. The Morgan fingerprint density at radius 3 is 2.93 bits per heavy atom. The van der Waals surface area contributed by atoms with Gasteiger partial charge < -0.3 is 14.8 Å². The summed E-state index contributed by atoms with van der Waals surface area (Å²) in [7, 11) is 1.85. The van der Waals surface area contributed by atoms with E-state index in [-0.39, 0.29) is 24.9 Å². The molecule has 0 saturated carbocycles. The molecule has 1 amide bonds. The summed E-state index contributed by atoms with van der Waals surface area (Å²) in [6.07, 6.45) is 0. The van der Waals surface area contributed by atoms with Crippen LogP contribution in [0.15, 0.2) is 47.8 Å². The van der Waals surface area contributed by atoms with Gasteiger partial charge in [0.25, 0.3) is 5.69 Å². The Morgan fingerprint density at radius 2 is 2.10 bits per heavy atom. The van der Waals surface area contributed by atoms with Crippen LogP contribution >= 0.6 is 11.3 Å². The summed E-state index contributed by atoms with van der Waals surface area (Å²) >= 11 is 1.27. The molecule has 1 aliphatic rings. The summed E-state index contributed by atoms with van der Waals surface area (Å²) in [6.45, 7) is 0.976. The van der Waals surface area contributed by atoms with Crippen LogP contribution in [-0.2, 0) is 11.3 Å². The van der Waals surface area contributed by atoms with Crippen LogP contribution in [0, 0.1) is 10.1 Å². The topological polar surface area (TPSA) is 107 Å². The fourth-order valence-electron chi connectivity index (χ4n) is 3.05. The molecule has 154 valence electrons. The SMILES string of the molecule is CN(CC(=O)Nc1nc(-c2cccc([N+](=O)[O-])c2)cs1)Cc1ccc2c(c1)OCO2. The lowest BCUT2D eigenvalue weighted by molar-refractivity contribution is -0.384. The Bertz CT molecular complexity index is 1100. The van der Waals surface area contributed by atoms with Crippen LogP contribution in [0.5, 0.6) is 11.5 Å². The lowest BCUT2D eigenvalue weighted by Gasteiger charge is -2.16. The zero-order chi connectivity index (χ0) is 21.1. The Labute approximate surface area is 176 Å². The molecule has 3 aromatic rings. The molecule has 0 unspecified atom stereocenters. The predicted octanol–water partition coefficient (Wildman–Crippen LogP) is 3.52. The van der Waals surface area contributed by atoms with Gasteiger partial charge in [-0.3, -0.25) is 19.8 Å². The first-order chi connectivity index (χ1) is 14.5. The van der Waals surface area contributed by atoms with Crippen molar-refractivity contribution in [2.75, 3.05) is 25.7 Å². The second kappa shape index (κ2) is 8.47. The number of anilines is 1. The number of non-ortho nitro benzene ring substituents is 1. The number of hydrogen-bond donors (Lipinski definition) is 1. The van der Waals surface area contributed by atoms with Gasteiger partial charge in [0.1, 0.15) is 0 Å². The molecule has 1 N–H and O–H groups in total. The molecule has 0 atom stereocenters. The maximum Gasteiger partial charge on any atom is 0.270 e. The van der Waals surface area contributed by atoms with Crippen molar-refractivity contribution in [2.45, 2.75) is 6.54 Å². The number of likely N-dealkylation sites (N-methyl/N-ethyl adjacent to an activating group) is 1. The van der Waals surface area contributed by atoms with Gasteiger partial charge in [-0.1, -0.05) is 18.2 Å². The van der Waals surface area contributed by atoms with Gasteiger partial charge in [0, 0.05) is 29.6 Å². The van der Waals surface area contributed by atoms with E-state index in [1.165, 1.54) is 23.5 Å². The fourth-order valence-corrected chi connectivity index (χ4v) is 3.79. The van der Waals surface area contributed by atoms with E-state index in [0.29, 0.717) is 28.7 Å². The smallest absolute Gasteiger partial charge is 0.270 e. The monoisotopic (exact) mass is 426 g/mol. The van der Waals surface area contributed by atoms with Crippen molar-refractivity contribution in [1.29, 1.82) is 0 Å². The molecule has 2 heterocycles. The second-order valence-corrected chi connectivity index (χ2v) is 7.61. The number of thiazole rings is 1. The number of ether oxygens (including phenoxy) is 2. The van der Waals surface area contributed by atoms with Crippen LogP contribution < -0.4 is 14.8 Å². The molecule has 0 saturated heterocycles. The van der Waals surface area contributed by atoms with Crippen molar-refractivity contribution >= 4 is 28.1 Å².